The average Bonchev–Trinajstić information content (AvgIpc) is 3.20. The van der Waals surface area contributed by atoms with E-state index in [1.807, 2.05) is 17.1 Å². The molecular weight excluding hydrogens is 346 g/mol. The molecule has 2 aromatic rings. The number of rotatable bonds is 4. The summed E-state index contributed by atoms with van der Waals surface area (Å²) in [5.41, 5.74) is 2.03. The molecule has 0 unspecified atom stereocenters. The second kappa shape index (κ2) is 6.47. The second-order valence-electron chi connectivity index (χ2n) is 7.79. The van der Waals surface area contributed by atoms with Crippen LogP contribution in [-0.4, -0.2) is 43.9 Å². The number of carbonyl (C=O) groups is 2. The van der Waals surface area contributed by atoms with E-state index in [0.717, 1.165) is 24.9 Å². The lowest BCUT2D eigenvalue weighted by atomic mass is 9.89. The van der Waals surface area contributed by atoms with E-state index < -0.39 is 11.8 Å². The van der Waals surface area contributed by atoms with E-state index in [-0.39, 0.29) is 21.7 Å². The first kappa shape index (κ1) is 17.7. The molecule has 1 aromatic heterocycles. The van der Waals surface area contributed by atoms with Gasteiger partial charge in [0, 0.05) is 29.5 Å². The fourth-order valence-corrected chi connectivity index (χ4v) is 3.85. The third-order valence-corrected chi connectivity index (χ3v) is 5.23. The van der Waals surface area contributed by atoms with Crippen LogP contribution in [0, 0.1) is 0 Å². The molecule has 1 aromatic carbocycles. The fraction of sp³-hybridized carbons (Fsp3) is 0.421. The Morgan fingerprint density at radius 2 is 2.15 bits per heavy atom. The second-order valence-corrected chi connectivity index (χ2v) is 7.79. The van der Waals surface area contributed by atoms with Gasteiger partial charge < -0.3 is 10.6 Å². The number of imide groups is 1. The van der Waals surface area contributed by atoms with E-state index in [0.29, 0.717) is 18.3 Å². The minimum Gasteiger partial charge on any atom is -0.380 e. The zero-order valence-corrected chi connectivity index (χ0v) is 15.4. The Morgan fingerprint density at radius 1 is 1.33 bits per heavy atom. The Morgan fingerprint density at radius 3 is 2.93 bits per heavy atom. The number of hydrogen-bond acceptors (Lipinski definition) is 6. The maximum atomic E-state index is 12.1. The normalized spacial score (nSPS) is 21.4. The molecule has 27 heavy (non-hydrogen) atoms. The van der Waals surface area contributed by atoms with Crippen molar-refractivity contribution in [2.24, 2.45) is 0 Å². The summed E-state index contributed by atoms with van der Waals surface area (Å²) >= 11 is 0. The van der Waals surface area contributed by atoms with Crippen LogP contribution in [0.25, 0.3) is 0 Å². The molecule has 3 heterocycles. The SMILES string of the molecule is CC1(C)C[C@@H](n2cc(CNc3cccc4c3C(=O)N(O)C4=O)cn2)CCN1. The Labute approximate surface area is 157 Å². The maximum absolute atomic E-state index is 12.1. The summed E-state index contributed by atoms with van der Waals surface area (Å²) in [7, 11) is 0. The van der Waals surface area contributed by atoms with Crippen molar-refractivity contribution < 1.29 is 14.8 Å². The van der Waals surface area contributed by atoms with Crippen molar-refractivity contribution in [1.29, 1.82) is 0 Å². The van der Waals surface area contributed by atoms with Crippen LogP contribution in [0.1, 0.15) is 59.0 Å². The van der Waals surface area contributed by atoms with Crippen molar-refractivity contribution in [3.05, 3.63) is 47.3 Å². The summed E-state index contributed by atoms with van der Waals surface area (Å²) in [6.45, 7) is 5.83. The van der Waals surface area contributed by atoms with Crippen molar-refractivity contribution in [3.8, 4) is 0 Å². The first-order valence-electron chi connectivity index (χ1n) is 9.08. The molecule has 1 saturated heterocycles. The molecule has 2 aliphatic rings. The van der Waals surface area contributed by atoms with Crippen LogP contribution in [-0.2, 0) is 6.54 Å². The van der Waals surface area contributed by atoms with Gasteiger partial charge in [-0.15, -0.1) is 5.06 Å². The van der Waals surface area contributed by atoms with Crippen LogP contribution in [0.5, 0.6) is 0 Å². The summed E-state index contributed by atoms with van der Waals surface area (Å²) in [6.07, 6.45) is 5.88. The summed E-state index contributed by atoms with van der Waals surface area (Å²) in [4.78, 5) is 24.0. The Kier molecular flexibility index (Phi) is 4.24. The Hall–Kier alpha value is -2.71. The zero-order valence-electron chi connectivity index (χ0n) is 15.4. The van der Waals surface area contributed by atoms with Gasteiger partial charge in [0.15, 0.2) is 0 Å². The molecule has 142 valence electrons. The van der Waals surface area contributed by atoms with Crippen LogP contribution in [0.2, 0.25) is 0 Å². The lowest BCUT2D eigenvalue weighted by molar-refractivity contribution is -0.0326. The van der Waals surface area contributed by atoms with Crippen LogP contribution in [0.4, 0.5) is 5.69 Å². The van der Waals surface area contributed by atoms with Gasteiger partial charge in [-0.25, -0.2) is 0 Å². The maximum Gasteiger partial charge on any atom is 0.287 e. The smallest absolute Gasteiger partial charge is 0.287 e. The molecule has 1 fully saturated rings. The van der Waals surface area contributed by atoms with E-state index in [9.17, 15) is 14.8 Å². The lowest BCUT2D eigenvalue weighted by Gasteiger charge is -2.36. The van der Waals surface area contributed by atoms with Crippen molar-refractivity contribution >= 4 is 17.5 Å². The summed E-state index contributed by atoms with van der Waals surface area (Å²) in [6, 6.07) is 5.31. The summed E-state index contributed by atoms with van der Waals surface area (Å²) in [5, 5.41) is 20.9. The first-order valence-corrected chi connectivity index (χ1v) is 9.08. The highest BCUT2D eigenvalue weighted by Gasteiger charge is 2.36. The number of aromatic nitrogens is 2. The first-order chi connectivity index (χ1) is 12.9. The number of hydroxylamine groups is 2. The zero-order chi connectivity index (χ0) is 19.2. The molecule has 2 aliphatic heterocycles. The van der Waals surface area contributed by atoms with Crippen molar-refractivity contribution in [2.45, 2.75) is 44.8 Å². The highest BCUT2D eigenvalue weighted by atomic mass is 16.5. The molecule has 0 radical (unpaired) electrons. The van der Waals surface area contributed by atoms with Crippen molar-refractivity contribution in [3.63, 3.8) is 0 Å². The van der Waals surface area contributed by atoms with E-state index in [4.69, 9.17) is 0 Å². The van der Waals surface area contributed by atoms with E-state index in [1.165, 1.54) is 6.07 Å². The molecule has 3 N–H and O–H groups in total. The van der Waals surface area contributed by atoms with Gasteiger partial charge in [0.05, 0.1) is 23.4 Å². The van der Waals surface area contributed by atoms with E-state index in [1.54, 1.807) is 12.1 Å². The van der Waals surface area contributed by atoms with Gasteiger partial charge in [-0.3, -0.25) is 19.5 Å². The number of piperidine rings is 1. The number of nitrogens with zero attached hydrogens (tertiary/aromatic N) is 3. The van der Waals surface area contributed by atoms with Crippen LogP contribution >= 0.6 is 0 Å². The van der Waals surface area contributed by atoms with Gasteiger partial charge >= 0.3 is 0 Å². The van der Waals surface area contributed by atoms with Crippen LogP contribution in [0.15, 0.2) is 30.6 Å². The third-order valence-electron chi connectivity index (χ3n) is 5.23. The summed E-state index contributed by atoms with van der Waals surface area (Å²) in [5.74, 6) is -1.40. The molecule has 1 atom stereocenters. The van der Waals surface area contributed by atoms with Crippen LogP contribution in [0.3, 0.4) is 0 Å². The average molecular weight is 369 g/mol. The molecular formula is C19H23N5O3. The fourth-order valence-electron chi connectivity index (χ4n) is 3.85. The molecule has 2 amide bonds. The third kappa shape index (κ3) is 3.22. The van der Waals surface area contributed by atoms with Gasteiger partial charge in [-0.05, 0) is 45.4 Å². The number of nitrogens with one attached hydrogen (secondary N) is 2. The Balaban J connectivity index is 1.48. The summed E-state index contributed by atoms with van der Waals surface area (Å²) < 4.78 is 2.01. The monoisotopic (exact) mass is 369 g/mol. The van der Waals surface area contributed by atoms with Gasteiger partial charge in [0.1, 0.15) is 0 Å². The van der Waals surface area contributed by atoms with Gasteiger partial charge in [-0.2, -0.15) is 5.10 Å². The van der Waals surface area contributed by atoms with Gasteiger partial charge in [0.25, 0.3) is 11.8 Å². The largest absolute Gasteiger partial charge is 0.380 e. The molecule has 0 spiro atoms. The minimum absolute atomic E-state index is 0.0982. The standard InChI is InChI=1S/C19H23N5O3/c1-19(2)8-13(6-7-21-19)23-11-12(10-22-23)9-20-15-5-3-4-14-16(15)18(26)24(27)17(14)25/h3-5,10-11,13,20-21,27H,6-9H2,1-2H3/t13-/m0/s1. The highest BCUT2D eigenvalue weighted by Crippen LogP contribution is 2.30. The molecule has 4 rings (SSSR count). The number of fused-ring (bicyclic) bond motifs is 1. The van der Waals surface area contributed by atoms with E-state index in [2.05, 4.69) is 29.6 Å². The number of hydrogen-bond donors (Lipinski definition) is 3. The molecule has 8 nitrogen and oxygen atoms in total. The molecule has 8 heteroatoms. The number of amides is 2. The number of anilines is 1. The predicted molar refractivity (Wildman–Crippen MR) is 98.6 cm³/mol. The van der Waals surface area contributed by atoms with E-state index >= 15 is 0 Å². The Bertz CT molecular complexity index is 905. The molecule has 0 saturated carbocycles. The van der Waals surface area contributed by atoms with Crippen molar-refractivity contribution in [2.75, 3.05) is 11.9 Å². The number of benzene rings is 1. The van der Waals surface area contributed by atoms with Crippen molar-refractivity contribution in [1.82, 2.24) is 20.2 Å². The molecule has 0 aliphatic carbocycles. The van der Waals surface area contributed by atoms with Gasteiger partial charge in [-0.1, -0.05) is 6.07 Å². The minimum atomic E-state index is -0.703. The topological polar surface area (TPSA) is 99.5 Å². The molecule has 0 bridgehead atoms. The highest BCUT2D eigenvalue weighted by molar-refractivity contribution is 6.22. The predicted octanol–water partition coefficient (Wildman–Crippen LogP) is 2.18. The van der Waals surface area contributed by atoms with Crippen LogP contribution < -0.4 is 10.6 Å². The van der Waals surface area contributed by atoms with Gasteiger partial charge in [0.2, 0.25) is 0 Å². The quantitative estimate of drug-likeness (QED) is 0.564. The number of carbonyl (C=O) groups excluding carboxylic acids is 2. The lowest BCUT2D eigenvalue weighted by Crippen LogP contribution is -2.46.